The highest BCUT2D eigenvalue weighted by Gasteiger charge is 2.14. The van der Waals surface area contributed by atoms with Gasteiger partial charge in [-0.05, 0) is 5.56 Å². The van der Waals surface area contributed by atoms with Gasteiger partial charge in [0.25, 0.3) is 0 Å². The lowest BCUT2D eigenvalue weighted by atomic mass is 10.0. The van der Waals surface area contributed by atoms with E-state index in [9.17, 15) is 5.11 Å². The quantitative estimate of drug-likeness (QED) is 0.611. The van der Waals surface area contributed by atoms with E-state index in [0.29, 0.717) is 6.42 Å². The van der Waals surface area contributed by atoms with Gasteiger partial charge in [0.1, 0.15) is 6.10 Å². The van der Waals surface area contributed by atoms with Crippen LogP contribution in [0, 0.1) is 0 Å². The van der Waals surface area contributed by atoms with Crippen LogP contribution in [0.5, 0.6) is 0 Å². The van der Waals surface area contributed by atoms with Crippen LogP contribution in [0.2, 0.25) is 0 Å². The molecule has 0 aliphatic rings. The molecule has 1 rings (SSSR count). The minimum Gasteiger partial charge on any atom is -0.394 e. The fourth-order valence-corrected chi connectivity index (χ4v) is 1.11. The fraction of sp³-hybridized carbons (Fsp3) is 0.400. The molecule has 0 radical (unpaired) electrons. The zero-order chi connectivity index (χ0) is 9.68. The van der Waals surface area contributed by atoms with Crippen molar-refractivity contribution >= 4 is 0 Å². The first-order valence-corrected chi connectivity index (χ1v) is 4.25. The maximum absolute atomic E-state index is 9.36. The van der Waals surface area contributed by atoms with E-state index in [0.717, 1.165) is 5.56 Å². The number of hydrogen-bond acceptors (Lipinski definition) is 3. The summed E-state index contributed by atoms with van der Waals surface area (Å²) in [5.41, 5.74) is 0.947. The third-order valence-electron chi connectivity index (χ3n) is 1.92. The van der Waals surface area contributed by atoms with Crippen molar-refractivity contribution in [1.29, 1.82) is 0 Å². The van der Waals surface area contributed by atoms with Crippen LogP contribution >= 0.6 is 0 Å². The van der Waals surface area contributed by atoms with Crippen molar-refractivity contribution in [3.63, 3.8) is 0 Å². The van der Waals surface area contributed by atoms with Gasteiger partial charge >= 0.3 is 0 Å². The first-order chi connectivity index (χ1) is 6.24. The van der Waals surface area contributed by atoms with Gasteiger partial charge in [-0.15, -0.1) is 0 Å². The standard InChI is InChI=1S/C10H14O3/c11-7-10(13)9(12)6-8-4-2-1-3-5-8/h1-5,9-13H,6-7H2/t9-,10+/m1/s1. The molecule has 13 heavy (non-hydrogen) atoms. The van der Waals surface area contributed by atoms with Crippen molar-refractivity contribution < 1.29 is 15.3 Å². The Hall–Kier alpha value is -0.900. The number of benzene rings is 1. The van der Waals surface area contributed by atoms with E-state index in [-0.39, 0.29) is 0 Å². The second-order valence-electron chi connectivity index (χ2n) is 3.01. The summed E-state index contributed by atoms with van der Waals surface area (Å²) in [4.78, 5) is 0. The molecule has 0 spiro atoms. The highest BCUT2D eigenvalue weighted by molar-refractivity contribution is 5.15. The summed E-state index contributed by atoms with van der Waals surface area (Å²) in [6.45, 7) is -0.409. The largest absolute Gasteiger partial charge is 0.394 e. The van der Waals surface area contributed by atoms with Gasteiger partial charge in [0.05, 0.1) is 12.7 Å². The molecular formula is C10H14O3. The number of rotatable bonds is 4. The second kappa shape index (κ2) is 4.97. The molecule has 0 saturated heterocycles. The summed E-state index contributed by atoms with van der Waals surface area (Å²) in [5, 5.41) is 27.0. The van der Waals surface area contributed by atoms with Crippen LogP contribution < -0.4 is 0 Å². The Balaban J connectivity index is 2.50. The monoisotopic (exact) mass is 182 g/mol. The van der Waals surface area contributed by atoms with Crippen molar-refractivity contribution in [2.24, 2.45) is 0 Å². The Bertz CT molecular complexity index is 235. The summed E-state index contributed by atoms with van der Waals surface area (Å²) in [6.07, 6.45) is -1.59. The van der Waals surface area contributed by atoms with Gasteiger partial charge in [0, 0.05) is 6.42 Å². The first kappa shape index (κ1) is 10.2. The Morgan fingerprint density at radius 3 is 2.15 bits per heavy atom. The molecule has 0 amide bonds. The average Bonchev–Trinajstić information content (AvgIpc) is 2.18. The van der Waals surface area contributed by atoms with Gasteiger partial charge in [-0.3, -0.25) is 0 Å². The molecule has 0 unspecified atom stereocenters. The van der Waals surface area contributed by atoms with E-state index in [1.165, 1.54) is 0 Å². The first-order valence-electron chi connectivity index (χ1n) is 4.25. The molecule has 1 aromatic rings. The minimum absolute atomic E-state index is 0.364. The maximum Gasteiger partial charge on any atom is 0.103 e. The third kappa shape index (κ3) is 3.14. The molecule has 0 fully saturated rings. The molecule has 0 bridgehead atoms. The zero-order valence-corrected chi connectivity index (χ0v) is 7.30. The van der Waals surface area contributed by atoms with E-state index in [1.54, 1.807) is 0 Å². The van der Waals surface area contributed by atoms with Gasteiger partial charge < -0.3 is 15.3 Å². The molecule has 3 heteroatoms. The van der Waals surface area contributed by atoms with Crippen LogP contribution in [0.4, 0.5) is 0 Å². The SMILES string of the molecule is OC[C@H](O)[C@H](O)Cc1ccccc1. The third-order valence-corrected chi connectivity index (χ3v) is 1.92. The lowest BCUT2D eigenvalue weighted by Gasteiger charge is -2.15. The van der Waals surface area contributed by atoms with Gasteiger partial charge in [-0.2, -0.15) is 0 Å². The van der Waals surface area contributed by atoms with Crippen molar-refractivity contribution in [2.75, 3.05) is 6.61 Å². The molecule has 0 aliphatic heterocycles. The van der Waals surface area contributed by atoms with Gasteiger partial charge in [-0.25, -0.2) is 0 Å². The molecule has 0 saturated carbocycles. The van der Waals surface area contributed by atoms with Crippen LogP contribution in [0.1, 0.15) is 5.56 Å². The summed E-state index contributed by atoms with van der Waals surface area (Å²) < 4.78 is 0. The predicted octanol–water partition coefficient (Wildman–Crippen LogP) is -0.0568. The van der Waals surface area contributed by atoms with Gasteiger partial charge in [0.2, 0.25) is 0 Å². The van der Waals surface area contributed by atoms with Crippen molar-refractivity contribution in [2.45, 2.75) is 18.6 Å². The normalized spacial score (nSPS) is 15.3. The molecule has 3 N–H and O–H groups in total. The van der Waals surface area contributed by atoms with Crippen molar-refractivity contribution in [1.82, 2.24) is 0 Å². The summed E-state index contributed by atoms with van der Waals surface area (Å²) >= 11 is 0. The predicted molar refractivity (Wildman–Crippen MR) is 49.2 cm³/mol. The van der Waals surface area contributed by atoms with E-state index in [4.69, 9.17) is 10.2 Å². The average molecular weight is 182 g/mol. The Morgan fingerprint density at radius 2 is 1.62 bits per heavy atom. The summed E-state index contributed by atoms with van der Waals surface area (Å²) in [6, 6.07) is 9.36. The summed E-state index contributed by atoms with van der Waals surface area (Å²) in [5.74, 6) is 0. The number of aliphatic hydroxyl groups is 3. The highest BCUT2D eigenvalue weighted by Crippen LogP contribution is 2.05. The highest BCUT2D eigenvalue weighted by atomic mass is 16.4. The molecule has 1 aromatic carbocycles. The fourth-order valence-electron chi connectivity index (χ4n) is 1.11. The topological polar surface area (TPSA) is 60.7 Å². The Labute approximate surface area is 77.3 Å². The van der Waals surface area contributed by atoms with Gasteiger partial charge in [-0.1, -0.05) is 30.3 Å². The molecule has 0 aromatic heterocycles. The molecule has 0 aliphatic carbocycles. The Morgan fingerprint density at radius 1 is 1.00 bits per heavy atom. The van der Waals surface area contributed by atoms with Crippen LogP contribution in [-0.4, -0.2) is 34.1 Å². The van der Waals surface area contributed by atoms with Crippen molar-refractivity contribution in [3.05, 3.63) is 35.9 Å². The van der Waals surface area contributed by atoms with Crippen LogP contribution in [0.15, 0.2) is 30.3 Å². The lowest BCUT2D eigenvalue weighted by Crippen LogP contribution is -2.30. The smallest absolute Gasteiger partial charge is 0.103 e. The molecule has 3 nitrogen and oxygen atoms in total. The number of hydrogen-bond donors (Lipinski definition) is 3. The minimum atomic E-state index is -1.06. The van der Waals surface area contributed by atoms with E-state index in [1.807, 2.05) is 30.3 Å². The lowest BCUT2D eigenvalue weighted by molar-refractivity contribution is -0.0132. The van der Waals surface area contributed by atoms with E-state index < -0.39 is 18.8 Å². The molecule has 72 valence electrons. The Kier molecular flexibility index (Phi) is 3.89. The molecule has 2 atom stereocenters. The van der Waals surface area contributed by atoms with Crippen LogP contribution in [0.3, 0.4) is 0 Å². The van der Waals surface area contributed by atoms with Crippen LogP contribution in [0.25, 0.3) is 0 Å². The van der Waals surface area contributed by atoms with E-state index in [2.05, 4.69) is 0 Å². The van der Waals surface area contributed by atoms with Crippen molar-refractivity contribution in [3.8, 4) is 0 Å². The maximum atomic E-state index is 9.36. The second-order valence-corrected chi connectivity index (χ2v) is 3.01. The van der Waals surface area contributed by atoms with E-state index >= 15 is 0 Å². The molecular weight excluding hydrogens is 168 g/mol. The van der Waals surface area contributed by atoms with Gasteiger partial charge in [0.15, 0.2) is 0 Å². The zero-order valence-electron chi connectivity index (χ0n) is 7.30. The number of aliphatic hydroxyl groups excluding tert-OH is 3. The summed E-state index contributed by atoms with van der Waals surface area (Å²) in [7, 11) is 0. The van der Waals surface area contributed by atoms with Crippen LogP contribution in [-0.2, 0) is 6.42 Å². The molecule has 0 heterocycles.